The van der Waals surface area contributed by atoms with Gasteiger partial charge in [-0.15, -0.1) is 0 Å². The molecule has 0 spiro atoms. The third-order valence-corrected chi connectivity index (χ3v) is 4.18. The van der Waals surface area contributed by atoms with Crippen LogP contribution < -0.4 is 9.80 Å². The Labute approximate surface area is 129 Å². The highest BCUT2D eigenvalue weighted by atomic mass is 16.5. The van der Waals surface area contributed by atoms with Gasteiger partial charge in [0.15, 0.2) is 0 Å². The number of carbonyl (C=O) groups excluding carboxylic acids is 2. The molecule has 0 radical (unpaired) electrons. The van der Waals surface area contributed by atoms with Crippen LogP contribution in [-0.2, 0) is 19.1 Å². The minimum atomic E-state index is -0.379. The van der Waals surface area contributed by atoms with Crippen LogP contribution in [0.3, 0.4) is 0 Å². The zero-order valence-electron chi connectivity index (χ0n) is 12.7. The van der Waals surface area contributed by atoms with Crippen LogP contribution in [0.1, 0.15) is 6.42 Å². The van der Waals surface area contributed by atoms with Gasteiger partial charge in [-0.2, -0.15) is 0 Å². The number of amides is 1. The number of hydrogen-bond donors (Lipinski definition) is 0. The normalized spacial score (nSPS) is 22.0. The van der Waals surface area contributed by atoms with Crippen molar-refractivity contribution in [1.82, 2.24) is 0 Å². The maximum atomic E-state index is 12.3. The van der Waals surface area contributed by atoms with Crippen molar-refractivity contribution in [2.45, 2.75) is 6.42 Å². The molecule has 6 nitrogen and oxygen atoms in total. The molecule has 2 fully saturated rings. The predicted octanol–water partition coefficient (Wildman–Crippen LogP) is 1.05. The highest BCUT2D eigenvalue weighted by Gasteiger charge is 2.37. The molecule has 1 atom stereocenters. The maximum Gasteiger partial charge on any atom is 0.311 e. The van der Waals surface area contributed by atoms with E-state index in [9.17, 15) is 9.59 Å². The first-order valence-electron chi connectivity index (χ1n) is 7.50. The van der Waals surface area contributed by atoms with E-state index in [4.69, 9.17) is 9.47 Å². The summed E-state index contributed by atoms with van der Waals surface area (Å²) in [6.45, 7) is 3.37. The fourth-order valence-electron chi connectivity index (χ4n) is 3.03. The molecule has 0 bridgehead atoms. The van der Waals surface area contributed by atoms with Crippen LogP contribution in [-0.4, -0.2) is 51.8 Å². The summed E-state index contributed by atoms with van der Waals surface area (Å²) in [7, 11) is 1.36. The molecule has 22 heavy (non-hydrogen) atoms. The number of nitrogens with zero attached hydrogens (tertiary/aromatic N) is 2. The van der Waals surface area contributed by atoms with E-state index in [1.807, 2.05) is 24.3 Å². The average Bonchev–Trinajstić information content (AvgIpc) is 2.96. The minimum Gasteiger partial charge on any atom is -0.469 e. The number of methoxy groups -OCH3 is 1. The number of esters is 1. The molecule has 2 saturated heterocycles. The van der Waals surface area contributed by atoms with E-state index in [2.05, 4.69) is 4.90 Å². The molecule has 0 saturated carbocycles. The SMILES string of the molecule is COC(=O)[C@H]1CC(=O)N(c2ccccc2N2CCOCC2)C1. The zero-order chi connectivity index (χ0) is 15.5. The van der Waals surface area contributed by atoms with Gasteiger partial charge in [0, 0.05) is 26.1 Å². The van der Waals surface area contributed by atoms with Crippen LogP contribution >= 0.6 is 0 Å². The topological polar surface area (TPSA) is 59.1 Å². The second-order valence-corrected chi connectivity index (χ2v) is 5.52. The lowest BCUT2D eigenvalue weighted by atomic mass is 10.1. The largest absolute Gasteiger partial charge is 0.469 e. The third-order valence-electron chi connectivity index (χ3n) is 4.18. The second kappa shape index (κ2) is 6.36. The highest BCUT2D eigenvalue weighted by molar-refractivity contribution is 6.01. The zero-order valence-corrected chi connectivity index (χ0v) is 12.7. The lowest BCUT2D eigenvalue weighted by Gasteiger charge is -2.32. The van der Waals surface area contributed by atoms with Crippen LogP contribution in [0.5, 0.6) is 0 Å². The first-order chi connectivity index (χ1) is 10.7. The standard InChI is InChI=1S/C16H20N2O4/c1-21-16(20)12-10-15(19)18(11-12)14-5-3-2-4-13(14)17-6-8-22-9-7-17/h2-5,12H,6-11H2,1H3/t12-/m0/s1. The van der Waals surface area contributed by atoms with E-state index in [0.29, 0.717) is 19.8 Å². The molecule has 0 aromatic heterocycles. The molecule has 0 unspecified atom stereocenters. The smallest absolute Gasteiger partial charge is 0.311 e. The van der Waals surface area contributed by atoms with Gasteiger partial charge in [-0.25, -0.2) is 0 Å². The number of benzene rings is 1. The minimum absolute atomic E-state index is 0.0314. The van der Waals surface area contributed by atoms with Crippen LogP contribution in [0.25, 0.3) is 0 Å². The molecule has 0 aliphatic carbocycles. The summed E-state index contributed by atoms with van der Waals surface area (Å²) in [6, 6.07) is 7.83. The maximum absolute atomic E-state index is 12.3. The first kappa shape index (κ1) is 14.8. The summed E-state index contributed by atoms with van der Waals surface area (Å²) in [5, 5.41) is 0. The Morgan fingerprint density at radius 3 is 2.59 bits per heavy atom. The molecule has 118 valence electrons. The molecule has 2 aliphatic rings. The number of ether oxygens (including phenoxy) is 2. The van der Waals surface area contributed by atoms with Gasteiger partial charge >= 0.3 is 5.97 Å². The Balaban J connectivity index is 1.85. The summed E-state index contributed by atoms with van der Waals surface area (Å²) < 4.78 is 10.2. The Bertz CT molecular complexity index is 569. The summed E-state index contributed by atoms with van der Waals surface area (Å²) in [6.07, 6.45) is 0.212. The molecular weight excluding hydrogens is 284 g/mol. The van der Waals surface area contributed by atoms with Gasteiger partial charge in [0.2, 0.25) is 5.91 Å². The van der Waals surface area contributed by atoms with Gasteiger partial charge in [-0.1, -0.05) is 12.1 Å². The molecule has 3 rings (SSSR count). The summed E-state index contributed by atoms with van der Waals surface area (Å²) in [5.74, 6) is -0.731. The highest BCUT2D eigenvalue weighted by Crippen LogP contribution is 2.34. The molecule has 0 N–H and O–H groups in total. The van der Waals surface area contributed by atoms with Gasteiger partial charge in [0.05, 0.1) is 37.6 Å². The number of hydrogen-bond acceptors (Lipinski definition) is 5. The van der Waals surface area contributed by atoms with Crippen molar-refractivity contribution in [3.63, 3.8) is 0 Å². The first-order valence-corrected chi connectivity index (χ1v) is 7.50. The Morgan fingerprint density at radius 1 is 1.23 bits per heavy atom. The fraction of sp³-hybridized carbons (Fsp3) is 0.500. The number of rotatable bonds is 3. The third kappa shape index (κ3) is 2.78. The van der Waals surface area contributed by atoms with E-state index in [0.717, 1.165) is 24.5 Å². The predicted molar refractivity (Wildman–Crippen MR) is 82.0 cm³/mol. The van der Waals surface area contributed by atoms with Crippen molar-refractivity contribution in [3.8, 4) is 0 Å². The summed E-state index contributed by atoms with van der Waals surface area (Å²) in [5.41, 5.74) is 1.88. The van der Waals surface area contributed by atoms with Crippen molar-refractivity contribution in [1.29, 1.82) is 0 Å². The van der Waals surface area contributed by atoms with E-state index < -0.39 is 0 Å². The summed E-state index contributed by atoms with van der Waals surface area (Å²) in [4.78, 5) is 27.9. The summed E-state index contributed by atoms with van der Waals surface area (Å²) >= 11 is 0. The molecule has 1 amide bonds. The van der Waals surface area contributed by atoms with Gasteiger partial charge in [-0.05, 0) is 12.1 Å². The van der Waals surface area contributed by atoms with E-state index in [1.54, 1.807) is 4.90 Å². The number of carbonyl (C=O) groups is 2. The lowest BCUT2D eigenvalue weighted by molar-refractivity contribution is -0.145. The fourth-order valence-corrected chi connectivity index (χ4v) is 3.03. The van der Waals surface area contributed by atoms with Crippen LogP contribution in [0.15, 0.2) is 24.3 Å². The molecule has 2 heterocycles. The second-order valence-electron chi connectivity index (χ2n) is 5.52. The lowest BCUT2D eigenvalue weighted by Crippen LogP contribution is -2.38. The van der Waals surface area contributed by atoms with E-state index in [-0.39, 0.29) is 24.2 Å². The van der Waals surface area contributed by atoms with Crippen molar-refractivity contribution in [2.75, 3.05) is 49.8 Å². The number of para-hydroxylation sites is 2. The van der Waals surface area contributed by atoms with Gasteiger partial charge in [-0.3, -0.25) is 9.59 Å². The quantitative estimate of drug-likeness (QED) is 0.781. The van der Waals surface area contributed by atoms with E-state index in [1.165, 1.54) is 7.11 Å². The van der Waals surface area contributed by atoms with Crippen molar-refractivity contribution < 1.29 is 19.1 Å². The van der Waals surface area contributed by atoms with Crippen molar-refractivity contribution in [2.24, 2.45) is 5.92 Å². The Hall–Kier alpha value is -2.08. The van der Waals surface area contributed by atoms with Crippen molar-refractivity contribution >= 4 is 23.3 Å². The van der Waals surface area contributed by atoms with Crippen LogP contribution in [0.4, 0.5) is 11.4 Å². The van der Waals surface area contributed by atoms with Gasteiger partial charge in [0.25, 0.3) is 0 Å². The number of morpholine rings is 1. The van der Waals surface area contributed by atoms with Gasteiger partial charge < -0.3 is 19.3 Å². The molecule has 2 aliphatic heterocycles. The Kier molecular flexibility index (Phi) is 4.29. The van der Waals surface area contributed by atoms with Crippen molar-refractivity contribution in [3.05, 3.63) is 24.3 Å². The average molecular weight is 304 g/mol. The molecule has 1 aromatic rings. The monoisotopic (exact) mass is 304 g/mol. The van der Waals surface area contributed by atoms with Gasteiger partial charge in [0.1, 0.15) is 0 Å². The number of anilines is 2. The Morgan fingerprint density at radius 2 is 1.91 bits per heavy atom. The van der Waals surface area contributed by atoms with Crippen LogP contribution in [0, 0.1) is 5.92 Å². The molecule has 1 aromatic carbocycles. The van der Waals surface area contributed by atoms with Crippen LogP contribution in [0.2, 0.25) is 0 Å². The molecular formula is C16H20N2O4. The van der Waals surface area contributed by atoms with E-state index >= 15 is 0 Å². The molecule has 6 heteroatoms.